The van der Waals surface area contributed by atoms with Crippen LogP contribution in [0, 0.1) is 23.0 Å². The number of aliphatic hydroxyl groups excluding tert-OH is 2. The second kappa shape index (κ2) is 9.06. The maximum Gasteiger partial charge on any atom is 0.490 e. The number of nitrogens with two attached hydrogens (primary N) is 1. The van der Waals surface area contributed by atoms with Crippen molar-refractivity contribution < 1.29 is 61.4 Å². The fourth-order valence-electron chi connectivity index (χ4n) is 2.55. The molecule has 1 saturated heterocycles. The van der Waals surface area contributed by atoms with E-state index < -0.39 is 54.1 Å². The Morgan fingerprint density at radius 3 is 2.39 bits per heavy atom. The molecular formula is C11H16N3O13P3S. The van der Waals surface area contributed by atoms with Crippen LogP contribution >= 0.6 is 35.7 Å². The Kier molecular flexibility index (Phi) is 7.66. The lowest BCUT2D eigenvalue weighted by atomic mass is 9.96. The molecule has 6 atom stereocenters. The summed E-state index contributed by atoms with van der Waals surface area (Å²) in [6.07, 6.45) is 3.26. The number of terminal acetylenes is 1. The summed E-state index contributed by atoms with van der Waals surface area (Å²) in [6, 6.07) is 1.26. The SMILES string of the molecule is C#C[C@]1(OP(=O)(O)OP(=O)(O)OP(=O)(O)O)O[C@@H](n2ccc(N)nc2=S)[C@@H](O)C1CO. The molecule has 174 valence electrons. The van der Waals surface area contributed by atoms with Gasteiger partial charge in [0.1, 0.15) is 11.9 Å². The first-order valence-corrected chi connectivity index (χ1v) is 12.6. The maximum atomic E-state index is 12.2. The number of phosphoric ester groups is 1. The van der Waals surface area contributed by atoms with E-state index in [1.54, 1.807) is 5.92 Å². The summed E-state index contributed by atoms with van der Waals surface area (Å²) in [5, 5.41) is 20.1. The van der Waals surface area contributed by atoms with E-state index in [0.29, 0.717) is 0 Å². The lowest BCUT2D eigenvalue weighted by Crippen LogP contribution is -2.41. The molecule has 1 fully saturated rings. The number of hydrogen-bond acceptors (Lipinski definition) is 12. The van der Waals surface area contributed by atoms with Crippen molar-refractivity contribution in [2.75, 3.05) is 12.3 Å². The molecule has 0 bridgehead atoms. The van der Waals surface area contributed by atoms with Gasteiger partial charge in [-0.25, -0.2) is 23.2 Å². The van der Waals surface area contributed by atoms with Gasteiger partial charge in [0.15, 0.2) is 6.23 Å². The van der Waals surface area contributed by atoms with Crippen molar-refractivity contribution in [1.29, 1.82) is 0 Å². The number of aromatic nitrogens is 2. The molecule has 2 rings (SSSR count). The first kappa shape index (κ1) is 26.2. The lowest BCUT2D eigenvalue weighted by Gasteiger charge is -2.29. The monoisotopic (exact) mass is 523 g/mol. The normalized spacial score (nSPS) is 30.3. The van der Waals surface area contributed by atoms with Crippen molar-refractivity contribution in [2.45, 2.75) is 18.1 Å². The average molecular weight is 523 g/mol. The smallest absolute Gasteiger partial charge is 0.396 e. The molecule has 0 saturated carbocycles. The highest BCUT2D eigenvalue weighted by Gasteiger charge is 2.59. The summed E-state index contributed by atoms with van der Waals surface area (Å²) < 4.78 is 52.4. The van der Waals surface area contributed by atoms with Crippen molar-refractivity contribution in [2.24, 2.45) is 5.92 Å². The molecule has 1 aliphatic rings. The third kappa shape index (κ3) is 6.26. The van der Waals surface area contributed by atoms with E-state index in [4.69, 9.17) is 38.9 Å². The van der Waals surface area contributed by atoms with Crippen LogP contribution in [0.15, 0.2) is 12.3 Å². The van der Waals surface area contributed by atoms with Crippen molar-refractivity contribution >= 4 is 41.5 Å². The van der Waals surface area contributed by atoms with Crippen LogP contribution in [-0.4, -0.2) is 57.8 Å². The fourth-order valence-corrected chi connectivity index (χ4v) is 6.04. The van der Waals surface area contributed by atoms with Crippen LogP contribution < -0.4 is 5.73 Å². The van der Waals surface area contributed by atoms with Gasteiger partial charge in [-0.15, -0.1) is 6.42 Å². The van der Waals surface area contributed by atoms with Crippen LogP contribution in [0.4, 0.5) is 5.82 Å². The Hall–Kier alpha value is -1.05. The summed E-state index contributed by atoms with van der Waals surface area (Å²) in [5.41, 5.74) is 5.48. The zero-order chi connectivity index (χ0) is 23.8. The minimum absolute atomic E-state index is 0.0175. The number of ether oxygens (including phenoxy) is 1. The predicted octanol–water partition coefficient (Wildman–Crippen LogP) is -0.634. The molecule has 20 heteroatoms. The van der Waals surface area contributed by atoms with Crippen LogP contribution in [0.1, 0.15) is 6.23 Å². The van der Waals surface area contributed by atoms with Crippen LogP contribution in [0.25, 0.3) is 0 Å². The van der Waals surface area contributed by atoms with Crippen molar-refractivity contribution in [3.8, 4) is 12.3 Å². The van der Waals surface area contributed by atoms with Crippen molar-refractivity contribution in [1.82, 2.24) is 9.55 Å². The van der Waals surface area contributed by atoms with E-state index in [1.807, 2.05) is 0 Å². The molecule has 2 heterocycles. The Bertz CT molecular complexity index is 1080. The van der Waals surface area contributed by atoms with Crippen LogP contribution in [0.2, 0.25) is 0 Å². The Balaban J connectivity index is 2.39. The van der Waals surface area contributed by atoms with Gasteiger partial charge in [0.2, 0.25) is 4.77 Å². The minimum Gasteiger partial charge on any atom is -0.396 e. The number of phosphoric acid groups is 3. The molecule has 3 unspecified atom stereocenters. The molecule has 8 N–H and O–H groups in total. The van der Waals surface area contributed by atoms with E-state index in [-0.39, 0.29) is 10.6 Å². The van der Waals surface area contributed by atoms with Gasteiger partial charge in [-0.3, -0.25) is 4.57 Å². The van der Waals surface area contributed by atoms with Crippen LogP contribution in [-0.2, 0) is 31.6 Å². The van der Waals surface area contributed by atoms with Gasteiger partial charge in [0.05, 0.1) is 12.5 Å². The number of aliphatic hydroxyl groups is 2. The highest BCUT2D eigenvalue weighted by molar-refractivity contribution is 7.71. The van der Waals surface area contributed by atoms with Gasteiger partial charge >= 0.3 is 23.5 Å². The van der Waals surface area contributed by atoms with Gasteiger partial charge in [-0.1, -0.05) is 0 Å². The zero-order valence-electron chi connectivity index (χ0n) is 14.9. The molecule has 0 aromatic carbocycles. The summed E-state index contributed by atoms with van der Waals surface area (Å²) >= 11 is 4.98. The Morgan fingerprint density at radius 1 is 1.29 bits per heavy atom. The molecule has 0 aliphatic carbocycles. The highest BCUT2D eigenvalue weighted by Crippen LogP contribution is 2.68. The lowest BCUT2D eigenvalue weighted by molar-refractivity contribution is -0.177. The molecule has 16 nitrogen and oxygen atoms in total. The number of nitrogens with zero attached hydrogens (tertiary/aromatic N) is 2. The van der Waals surface area contributed by atoms with E-state index >= 15 is 0 Å². The largest absolute Gasteiger partial charge is 0.490 e. The van der Waals surface area contributed by atoms with E-state index in [0.717, 1.165) is 4.57 Å². The first-order chi connectivity index (χ1) is 14.0. The average Bonchev–Trinajstić information content (AvgIpc) is 2.82. The van der Waals surface area contributed by atoms with Crippen molar-refractivity contribution in [3.63, 3.8) is 0 Å². The Labute approximate surface area is 178 Å². The van der Waals surface area contributed by atoms with Crippen LogP contribution in [0.5, 0.6) is 0 Å². The maximum absolute atomic E-state index is 12.2. The first-order valence-electron chi connectivity index (χ1n) is 7.68. The molecule has 1 aliphatic heterocycles. The minimum atomic E-state index is -5.86. The summed E-state index contributed by atoms with van der Waals surface area (Å²) in [4.78, 5) is 39.9. The van der Waals surface area contributed by atoms with Gasteiger partial charge < -0.3 is 40.3 Å². The third-order valence-electron chi connectivity index (χ3n) is 3.68. The standard InChI is InChI=1S/C11H16N3O13P3S/c1-2-11(25-29(20,21)27-30(22,23)26-28(17,18)19)6(5-15)8(16)9(24-11)14-4-3-7(12)13-10(14)31/h1,3-4,6,8-9,15-16H,5H2,(H,20,21)(H,22,23)(H2,12,13,31)(H2,17,18,19)/t6?,8-,9+,11+/m0/s1. The zero-order valence-corrected chi connectivity index (χ0v) is 18.4. The Morgan fingerprint density at radius 2 is 1.90 bits per heavy atom. The fraction of sp³-hybridized carbons (Fsp3) is 0.455. The molecule has 0 amide bonds. The summed E-state index contributed by atoms with van der Waals surface area (Å²) in [6.45, 7) is -0.993. The summed E-state index contributed by atoms with van der Waals surface area (Å²) in [7, 11) is -17.3. The van der Waals surface area contributed by atoms with E-state index in [2.05, 4.69) is 18.1 Å². The van der Waals surface area contributed by atoms with Gasteiger partial charge in [0, 0.05) is 6.20 Å². The van der Waals surface area contributed by atoms with Crippen LogP contribution in [0.3, 0.4) is 0 Å². The number of anilines is 1. The third-order valence-corrected chi connectivity index (χ3v) is 7.81. The predicted molar refractivity (Wildman–Crippen MR) is 101 cm³/mol. The molecular weight excluding hydrogens is 507 g/mol. The molecule has 31 heavy (non-hydrogen) atoms. The van der Waals surface area contributed by atoms with Crippen molar-refractivity contribution in [3.05, 3.63) is 17.0 Å². The highest BCUT2D eigenvalue weighted by atomic mass is 32.1. The summed E-state index contributed by atoms with van der Waals surface area (Å²) in [5.74, 6) is -2.58. The van der Waals surface area contributed by atoms with E-state index in [9.17, 15) is 33.7 Å². The number of rotatable bonds is 8. The molecule has 1 aromatic rings. The number of hydrogen-bond donors (Lipinski definition) is 7. The molecule has 0 spiro atoms. The van der Waals surface area contributed by atoms with Gasteiger partial charge in [0.25, 0.3) is 5.79 Å². The quantitative estimate of drug-likeness (QED) is 0.127. The molecule has 1 aromatic heterocycles. The number of nitrogen functional groups attached to an aromatic ring is 1. The van der Waals surface area contributed by atoms with Gasteiger partial charge in [-0.2, -0.15) is 8.62 Å². The second-order valence-electron chi connectivity index (χ2n) is 5.82. The van der Waals surface area contributed by atoms with E-state index in [1.165, 1.54) is 12.3 Å². The molecule has 0 radical (unpaired) electrons. The second-order valence-corrected chi connectivity index (χ2v) is 10.5. The van der Waals surface area contributed by atoms with Gasteiger partial charge in [-0.05, 0) is 24.2 Å². The topological polar surface area (TPSA) is 253 Å².